The molecule has 0 unspecified atom stereocenters. The van der Waals surface area contributed by atoms with Gasteiger partial charge in [0.05, 0.1) is 21.2 Å². The number of carbonyl (C=O) groups is 1. The van der Waals surface area contributed by atoms with Gasteiger partial charge in [-0.05, 0) is 42.0 Å². The van der Waals surface area contributed by atoms with Crippen LogP contribution in [0.1, 0.15) is 11.1 Å². The van der Waals surface area contributed by atoms with Crippen LogP contribution in [-0.2, 0) is 11.0 Å². The fourth-order valence-corrected chi connectivity index (χ4v) is 4.07. The third-order valence-corrected chi connectivity index (χ3v) is 5.30. The van der Waals surface area contributed by atoms with Gasteiger partial charge >= 0.3 is 6.18 Å². The van der Waals surface area contributed by atoms with Crippen molar-refractivity contribution in [2.75, 3.05) is 4.90 Å². The zero-order valence-electron chi connectivity index (χ0n) is 12.7. The van der Waals surface area contributed by atoms with Crippen LogP contribution in [0.15, 0.2) is 47.4 Å². The molecule has 134 valence electrons. The Hall–Kier alpha value is -1.54. The summed E-state index contributed by atoms with van der Waals surface area (Å²) in [7, 11) is 0. The van der Waals surface area contributed by atoms with Crippen LogP contribution in [0.5, 0.6) is 0 Å². The summed E-state index contributed by atoms with van der Waals surface area (Å²) in [5, 5.41) is 0.651. The number of hydrogen-bond acceptors (Lipinski definition) is 3. The van der Waals surface area contributed by atoms with Gasteiger partial charge < -0.3 is 0 Å². The molecule has 0 bridgehead atoms. The van der Waals surface area contributed by atoms with Crippen LogP contribution in [0.2, 0.25) is 10.0 Å². The molecule has 2 nitrogen and oxygen atoms in total. The second-order valence-corrected chi connectivity index (χ2v) is 7.76. The van der Waals surface area contributed by atoms with Crippen LogP contribution in [0.25, 0.3) is 6.08 Å². The number of halogens is 5. The molecule has 0 saturated carbocycles. The molecule has 0 aliphatic carbocycles. The Kier molecular flexibility index (Phi) is 5.35. The first-order valence-corrected chi connectivity index (χ1v) is 9.05. The van der Waals surface area contributed by atoms with Crippen LogP contribution in [0, 0.1) is 0 Å². The Morgan fingerprint density at radius 1 is 1.12 bits per heavy atom. The molecule has 26 heavy (non-hydrogen) atoms. The summed E-state index contributed by atoms with van der Waals surface area (Å²) in [5.74, 6) is -0.457. The summed E-state index contributed by atoms with van der Waals surface area (Å²) < 4.78 is 38.7. The first-order valence-electron chi connectivity index (χ1n) is 7.07. The van der Waals surface area contributed by atoms with Gasteiger partial charge in [0.25, 0.3) is 5.91 Å². The maximum Gasteiger partial charge on any atom is 0.416 e. The second kappa shape index (κ2) is 7.23. The monoisotopic (exact) mass is 433 g/mol. The smallest absolute Gasteiger partial charge is 0.268 e. The molecule has 0 N–H and O–H groups in total. The van der Waals surface area contributed by atoms with Crippen molar-refractivity contribution in [2.24, 2.45) is 0 Å². The van der Waals surface area contributed by atoms with Crippen LogP contribution in [0.4, 0.5) is 18.9 Å². The molecule has 1 fully saturated rings. The van der Waals surface area contributed by atoms with E-state index in [1.54, 1.807) is 12.1 Å². The van der Waals surface area contributed by atoms with Gasteiger partial charge in [0.2, 0.25) is 0 Å². The van der Waals surface area contributed by atoms with E-state index in [2.05, 4.69) is 0 Å². The minimum absolute atomic E-state index is 0.209. The van der Waals surface area contributed by atoms with E-state index in [4.69, 9.17) is 35.4 Å². The predicted molar refractivity (Wildman–Crippen MR) is 104 cm³/mol. The van der Waals surface area contributed by atoms with Crippen molar-refractivity contribution in [1.29, 1.82) is 0 Å². The zero-order chi connectivity index (χ0) is 19.1. The van der Waals surface area contributed by atoms with Crippen LogP contribution in [0.3, 0.4) is 0 Å². The average Bonchev–Trinajstić information content (AvgIpc) is 2.82. The normalized spacial score (nSPS) is 16.7. The molecular weight excluding hydrogens is 426 g/mol. The minimum atomic E-state index is -4.46. The fraction of sp³-hybridized carbons (Fsp3) is 0.0588. The van der Waals surface area contributed by atoms with E-state index in [0.717, 1.165) is 23.9 Å². The van der Waals surface area contributed by atoms with E-state index in [-0.39, 0.29) is 19.8 Å². The third kappa shape index (κ3) is 3.91. The number of amides is 1. The molecule has 0 aromatic heterocycles. The van der Waals surface area contributed by atoms with E-state index in [1.165, 1.54) is 29.2 Å². The molecule has 1 saturated heterocycles. The SMILES string of the molecule is O=C1/C(=C/c2cccc(C(F)(F)F)c2)SC(=S)N1c1ccc(Cl)cc1Cl. The summed E-state index contributed by atoms with van der Waals surface area (Å²) >= 11 is 18.2. The number of alkyl halides is 3. The number of benzene rings is 2. The van der Waals surface area contributed by atoms with Crippen LogP contribution >= 0.6 is 47.2 Å². The second-order valence-electron chi connectivity index (χ2n) is 5.24. The summed E-state index contributed by atoms with van der Waals surface area (Å²) in [6, 6.07) is 9.31. The van der Waals surface area contributed by atoms with Gasteiger partial charge in [-0.25, -0.2) is 0 Å². The molecule has 0 spiro atoms. The lowest BCUT2D eigenvalue weighted by Crippen LogP contribution is -2.27. The van der Waals surface area contributed by atoms with Gasteiger partial charge in [-0.15, -0.1) is 0 Å². The summed E-state index contributed by atoms with van der Waals surface area (Å²) in [5.41, 5.74) is -0.170. The highest BCUT2D eigenvalue weighted by Crippen LogP contribution is 2.40. The lowest BCUT2D eigenvalue weighted by atomic mass is 10.1. The van der Waals surface area contributed by atoms with Crippen molar-refractivity contribution < 1.29 is 18.0 Å². The molecule has 9 heteroatoms. The van der Waals surface area contributed by atoms with Gasteiger partial charge in [-0.2, -0.15) is 13.2 Å². The van der Waals surface area contributed by atoms with Crippen molar-refractivity contribution in [3.05, 3.63) is 68.5 Å². The Labute approximate surface area is 166 Å². The Morgan fingerprint density at radius 2 is 1.85 bits per heavy atom. The van der Waals surface area contributed by atoms with Gasteiger partial charge in [0, 0.05) is 5.02 Å². The minimum Gasteiger partial charge on any atom is -0.268 e. The maximum atomic E-state index is 12.8. The molecule has 1 amide bonds. The molecule has 1 heterocycles. The number of hydrogen-bond donors (Lipinski definition) is 0. The number of anilines is 1. The molecule has 1 aliphatic heterocycles. The van der Waals surface area contributed by atoms with E-state index in [1.807, 2.05) is 0 Å². The standard InChI is InChI=1S/C17H8Cl2F3NOS2/c18-11-4-5-13(12(19)8-11)23-15(24)14(26-16(23)25)7-9-2-1-3-10(6-9)17(20,21)22/h1-8H/b14-7-. The summed E-state index contributed by atoms with van der Waals surface area (Å²) in [6.45, 7) is 0. The first kappa shape index (κ1) is 19.2. The lowest BCUT2D eigenvalue weighted by Gasteiger charge is -2.16. The number of rotatable bonds is 2. The van der Waals surface area contributed by atoms with E-state index in [0.29, 0.717) is 10.7 Å². The number of nitrogens with zero attached hydrogens (tertiary/aromatic N) is 1. The zero-order valence-corrected chi connectivity index (χ0v) is 15.8. The predicted octanol–water partition coefficient (Wildman–Crippen LogP) is 6.42. The Bertz CT molecular complexity index is 944. The lowest BCUT2D eigenvalue weighted by molar-refractivity contribution is -0.137. The van der Waals surface area contributed by atoms with Crippen molar-refractivity contribution in [2.45, 2.75) is 6.18 Å². The molecule has 3 rings (SSSR count). The summed E-state index contributed by atoms with van der Waals surface area (Å²) in [4.78, 5) is 14.1. The highest BCUT2D eigenvalue weighted by Gasteiger charge is 2.35. The fourth-order valence-electron chi connectivity index (χ4n) is 2.29. The van der Waals surface area contributed by atoms with Gasteiger partial charge in [0.15, 0.2) is 4.32 Å². The van der Waals surface area contributed by atoms with Crippen molar-refractivity contribution >= 4 is 69.2 Å². The largest absolute Gasteiger partial charge is 0.416 e. The van der Waals surface area contributed by atoms with Crippen molar-refractivity contribution in [3.63, 3.8) is 0 Å². The molecule has 0 atom stereocenters. The third-order valence-electron chi connectivity index (χ3n) is 3.46. The highest BCUT2D eigenvalue weighted by atomic mass is 35.5. The van der Waals surface area contributed by atoms with Gasteiger partial charge in [-0.3, -0.25) is 9.69 Å². The van der Waals surface area contributed by atoms with Gasteiger partial charge in [-0.1, -0.05) is 59.3 Å². The van der Waals surface area contributed by atoms with E-state index >= 15 is 0 Å². The van der Waals surface area contributed by atoms with Crippen molar-refractivity contribution in [1.82, 2.24) is 0 Å². The van der Waals surface area contributed by atoms with Gasteiger partial charge in [0.1, 0.15) is 0 Å². The average molecular weight is 434 g/mol. The summed E-state index contributed by atoms with van der Waals surface area (Å²) in [6.07, 6.45) is -3.09. The van der Waals surface area contributed by atoms with Crippen molar-refractivity contribution in [3.8, 4) is 0 Å². The molecule has 0 radical (unpaired) electrons. The van der Waals surface area contributed by atoms with E-state index in [9.17, 15) is 18.0 Å². The number of thioether (sulfide) groups is 1. The number of thiocarbonyl (C=S) groups is 1. The Morgan fingerprint density at radius 3 is 2.50 bits per heavy atom. The molecule has 1 aliphatic rings. The molecule has 2 aromatic carbocycles. The van der Waals surface area contributed by atoms with Crippen LogP contribution in [-0.4, -0.2) is 10.2 Å². The van der Waals surface area contributed by atoms with E-state index < -0.39 is 17.6 Å². The molecule has 2 aromatic rings. The first-order chi connectivity index (χ1) is 12.2. The highest BCUT2D eigenvalue weighted by molar-refractivity contribution is 8.27. The quantitative estimate of drug-likeness (QED) is 0.402. The maximum absolute atomic E-state index is 12.8. The Balaban J connectivity index is 1.95. The van der Waals surface area contributed by atoms with Crippen LogP contribution < -0.4 is 4.90 Å². The topological polar surface area (TPSA) is 20.3 Å². The molecular formula is C17H8Cl2F3NOS2. The number of carbonyl (C=O) groups excluding carboxylic acids is 1.